The van der Waals surface area contributed by atoms with E-state index in [-0.39, 0.29) is 17.1 Å². The van der Waals surface area contributed by atoms with Gasteiger partial charge in [0.1, 0.15) is 0 Å². The van der Waals surface area contributed by atoms with E-state index in [4.69, 9.17) is 4.42 Å². The summed E-state index contributed by atoms with van der Waals surface area (Å²) in [4.78, 5) is 13.5. The lowest BCUT2D eigenvalue weighted by molar-refractivity contribution is 0.101. The number of thioether (sulfide) groups is 1. The van der Waals surface area contributed by atoms with Gasteiger partial charge in [0.05, 0.1) is 0 Å². The fourth-order valence-corrected chi connectivity index (χ4v) is 2.81. The second kappa shape index (κ2) is 5.74. The molecule has 0 aliphatic carbocycles. The maximum absolute atomic E-state index is 13.6. The quantitative estimate of drug-likeness (QED) is 0.506. The van der Waals surface area contributed by atoms with Crippen molar-refractivity contribution in [3.8, 4) is 0 Å². The van der Waals surface area contributed by atoms with Gasteiger partial charge >= 0.3 is 0 Å². The number of hydrogen-bond donors (Lipinski definition) is 0. The molecule has 21 heavy (non-hydrogen) atoms. The van der Waals surface area contributed by atoms with Crippen LogP contribution in [0.4, 0.5) is 4.39 Å². The molecule has 3 rings (SSSR count). The maximum atomic E-state index is 13.6. The number of carbonyl (C=O) groups excluding carboxylic acids is 1. The Hall–Kier alpha value is -2.07. The fourth-order valence-electron chi connectivity index (χ4n) is 2.15. The SMILES string of the molecule is CCSc1ccc(C(=O)c2cc3cccc(F)c3o2)cc1. The van der Waals surface area contributed by atoms with E-state index in [1.807, 2.05) is 12.1 Å². The van der Waals surface area contributed by atoms with Crippen LogP contribution in [0.2, 0.25) is 0 Å². The second-order valence-electron chi connectivity index (χ2n) is 4.56. The van der Waals surface area contributed by atoms with E-state index in [0.717, 1.165) is 10.6 Å². The second-order valence-corrected chi connectivity index (χ2v) is 5.89. The number of benzene rings is 2. The van der Waals surface area contributed by atoms with Crippen LogP contribution in [0.3, 0.4) is 0 Å². The Morgan fingerprint density at radius 3 is 2.62 bits per heavy atom. The summed E-state index contributed by atoms with van der Waals surface area (Å²) in [5, 5.41) is 0.594. The lowest BCUT2D eigenvalue weighted by atomic mass is 10.1. The number of ketones is 1. The molecule has 0 amide bonds. The molecule has 1 aromatic heterocycles. The minimum atomic E-state index is -0.457. The number of hydrogen-bond acceptors (Lipinski definition) is 3. The first-order valence-electron chi connectivity index (χ1n) is 6.64. The predicted molar refractivity (Wildman–Crippen MR) is 82.4 cm³/mol. The molecule has 2 aromatic carbocycles. The Morgan fingerprint density at radius 1 is 1.19 bits per heavy atom. The Bertz CT molecular complexity index is 790. The third-order valence-electron chi connectivity index (χ3n) is 3.15. The summed E-state index contributed by atoms with van der Waals surface area (Å²) in [7, 11) is 0. The summed E-state index contributed by atoms with van der Waals surface area (Å²) in [5.41, 5.74) is 0.661. The number of rotatable bonds is 4. The van der Waals surface area contributed by atoms with Crippen LogP contribution in [0.25, 0.3) is 11.0 Å². The van der Waals surface area contributed by atoms with Crippen LogP contribution in [0, 0.1) is 5.82 Å². The molecule has 0 unspecified atom stereocenters. The van der Waals surface area contributed by atoms with Crippen molar-refractivity contribution < 1.29 is 13.6 Å². The molecule has 1 heterocycles. The molecule has 0 radical (unpaired) electrons. The smallest absolute Gasteiger partial charge is 0.228 e. The van der Waals surface area contributed by atoms with Crippen molar-refractivity contribution in [2.24, 2.45) is 0 Å². The summed E-state index contributed by atoms with van der Waals surface area (Å²) in [6, 6.07) is 13.6. The van der Waals surface area contributed by atoms with Gasteiger partial charge in [-0.2, -0.15) is 0 Å². The molecular formula is C17H13FO2S. The number of carbonyl (C=O) groups is 1. The zero-order valence-electron chi connectivity index (χ0n) is 11.4. The molecule has 0 bridgehead atoms. The fraction of sp³-hybridized carbons (Fsp3) is 0.118. The van der Waals surface area contributed by atoms with Crippen molar-refractivity contribution in [1.29, 1.82) is 0 Å². The lowest BCUT2D eigenvalue weighted by Gasteiger charge is -2.00. The molecule has 3 aromatic rings. The van der Waals surface area contributed by atoms with Gasteiger partial charge in [-0.3, -0.25) is 4.79 Å². The number of fused-ring (bicyclic) bond motifs is 1. The average molecular weight is 300 g/mol. The lowest BCUT2D eigenvalue weighted by Crippen LogP contribution is -1.98. The van der Waals surface area contributed by atoms with E-state index in [0.29, 0.717) is 10.9 Å². The van der Waals surface area contributed by atoms with Gasteiger partial charge in [-0.15, -0.1) is 11.8 Å². The molecule has 0 N–H and O–H groups in total. The van der Waals surface area contributed by atoms with E-state index in [1.54, 1.807) is 42.1 Å². The zero-order chi connectivity index (χ0) is 14.8. The molecule has 106 valence electrons. The highest BCUT2D eigenvalue weighted by Gasteiger charge is 2.16. The van der Waals surface area contributed by atoms with Crippen molar-refractivity contribution in [2.45, 2.75) is 11.8 Å². The van der Waals surface area contributed by atoms with E-state index in [9.17, 15) is 9.18 Å². The molecule has 0 saturated carbocycles. The molecule has 0 spiro atoms. The van der Waals surface area contributed by atoms with Gasteiger partial charge in [0.2, 0.25) is 5.78 Å². The Morgan fingerprint density at radius 2 is 1.95 bits per heavy atom. The van der Waals surface area contributed by atoms with Gasteiger partial charge in [-0.1, -0.05) is 19.1 Å². The molecular weight excluding hydrogens is 287 g/mol. The Balaban J connectivity index is 1.94. The van der Waals surface area contributed by atoms with E-state index < -0.39 is 5.82 Å². The van der Waals surface area contributed by atoms with E-state index in [1.165, 1.54) is 6.07 Å². The molecule has 0 aliphatic rings. The van der Waals surface area contributed by atoms with Gasteiger partial charge in [-0.25, -0.2) is 4.39 Å². The van der Waals surface area contributed by atoms with Crippen LogP contribution >= 0.6 is 11.8 Å². The Kier molecular flexibility index (Phi) is 3.80. The summed E-state index contributed by atoms with van der Waals surface area (Å²) >= 11 is 1.71. The summed E-state index contributed by atoms with van der Waals surface area (Å²) < 4.78 is 19.0. The van der Waals surface area contributed by atoms with Crippen molar-refractivity contribution in [2.75, 3.05) is 5.75 Å². The van der Waals surface area contributed by atoms with Crippen LogP contribution in [-0.2, 0) is 0 Å². The number of furan rings is 1. The van der Waals surface area contributed by atoms with Crippen molar-refractivity contribution in [3.63, 3.8) is 0 Å². The van der Waals surface area contributed by atoms with E-state index in [2.05, 4.69) is 6.92 Å². The standard InChI is InChI=1S/C17H13FO2S/c1-2-21-13-8-6-11(7-9-13)16(19)15-10-12-4-3-5-14(18)17(12)20-15/h3-10H,2H2,1H3. The molecule has 0 fully saturated rings. The predicted octanol–water partition coefficient (Wildman–Crippen LogP) is 4.91. The van der Waals surface area contributed by atoms with Gasteiger partial charge in [0.25, 0.3) is 0 Å². The first kappa shape index (κ1) is 13.9. The molecule has 0 aliphatic heterocycles. The van der Waals surface area contributed by atoms with Gasteiger partial charge in [-0.05, 0) is 42.2 Å². The van der Waals surface area contributed by atoms with Crippen molar-refractivity contribution in [1.82, 2.24) is 0 Å². The normalized spacial score (nSPS) is 11.0. The first-order valence-corrected chi connectivity index (χ1v) is 7.63. The topological polar surface area (TPSA) is 30.2 Å². The molecule has 4 heteroatoms. The van der Waals surface area contributed by atoms with Crippen molar-refractivity contribution in [3.05, 3.63) is 65.7 Å². The van der Waals surface area contributed by atoms with Crippen LogP contribution in [0.5, 0.6) is 0 Å². The maximum Gasteiger partial charge on any atom is 0.228 e. The highest BCUT2D eigenvalue weighted by Crippen LogP contribution is 2.25. The van der Waals surface area contributed by atoms with Gasteiger partial charge < -0.3 is 4.42 Å². The minimum Gasteiger partial charge on any atom is -0.449 e. The van der Waals surface area contributed by atoms with Crippen LogP contribution < -0.4 is 0 Å². The highest BCUT2D eigenvalue weighted by molar-refractivity contribution is 7.99. The van der Waals surface area contributed by atoms with Gasteiger partial charge in [0, 0.05) is 15.8 Å². The first-order chi connectivity index (χ1) is 10.2. The highest BCUT2D eigenvalue weighted by atomic mass is 32.2. The number of para-hydroxylation sites is 1. The summed E-state index contributed by atoms with van der Waals surface area (Å²) in [6.07, 6.45) is 0. The van der Waals surface area contributed by atoms with Crippen LogP contribution in [-0.4, -0.2) is 11.5 Å². The van der Waals surface area contributed by atoms with Crippen LogP contribution in [0.15, 0.2) is 57.8 Å². The molecule has 2 nitrogen and oxygen atoms in total. The number of halogens is 1. The van der Waals surface area contributed by atoms with Crippen molar-refractivity contribution >= 4 is 28.5 Å². The third-order valence-corrected chi connectivity index (χ3v) is 4.04. The molecule has 0 saturated heterocycles. The van der Waals surface area contributed by atoms with Crippen LogP contribution in [0.1, 0.15) is 23.0 Å². The van der Waals surface area contributed by atoms with E-state index >= 15 is 0 Å². The largest absolute Gasteiger partial charge is 0.449 e. The monoisotopic (exact) mass is 300 g/mol. The zero-order valence-corrected chi connectivity index (χ0v) is 12.2. The summed E-state index contributed by atoms with van der Waals surface area (Å²) in [5.74, 6) is 0.446. The molecule has 0 atom stereocenters. The third kappa shape index (κ3) is 2.72. The van der Waals surface area contributed by atoms with Gasteiger partial charge in [0.15, 0.2) is 17.2 Å². The minimum absolute atomic E-state index is 0.124. The Labute approximate surface area is 126 Å². The average Bonchev–Trinajstić information content (AvgIpc) is 2.93. The summed E-state index contributed by atoms with van der Waals surface area (Å²) in [6.45, 7) is 2.08.